The first-order chi connectivity index (χ1) is 6.62. The molecule has 2 N–H and O–H groups in total. The number of carbonyl (C=O) groups is 1. The number of hydrogen-bond donors (Lipinski definition) is 1. The fourth-order valence-electron chi connectivity index (χ4n) is 2.39. The first kappa shape index (κ1) is 9.93. The molecule has 2 heterocycles. The molecule has 14 heavy (non-hydrogen) atoms. The molecule has 0 radical (unpaired) electrons. The van der Waals surface area contributed by atoms with Crippen molar-refractivity contribution in [3.05, 3.63) is 0 Å². The van der Waals surface area contributed by atoms with Crippen molar-refractivity contribution in [1.82, 2.24) is 4.90 Å². The molecule has 2 rings (SSSR count). The van der Waals surface area contributed by atoms with E-state index in [1.165, 1.54) is 0 Å². The first-order valence-electron chi connectivity index (χ1n) is 5.26. The molecule has 80 valence electrons. The molecule has 0 aliphatic carbocycles. The van der Waals surface area contributed by atoms with Gasteiger partial charge in [0.05, 0.1) is 12.1 Å². The van der Waals surface area contributed by atoms with Crippen LogP contribution in [0, 0.1) is 0 Å². The molecular weight excluding hydrogens is 180 g/mol. The Morgan fingerprint density at radius 2 is 2.43 bits per heavy atom. The van der Waals surface area contributed by atoms with Crippen molar-refractivity contribution >= 4 is 5.91 Å². The topological polar surface area (TPSA) is 55.6 Å². The van der Waals surface area contributed by atoms with Crippen LogP contribution in [0.5, 0.6) is 0 Å². The van der Waals surface area contributed by atoms with Gasteiger partial charge in [0.25, 0.3) is 0 Å². The van der Waals surface area contributed by atoms with Gasteiger partial charge in [0.15, 0.2) is 0 Å². The van der Waals surface area contributed by atoms with E-state index in [1.807, 2.05) is 4.90 Å². The van der Waals surface area contributed by atoms with E-state index in [2.05, 4.69) is 6.92 Å². The molecule has 2 unspecified atom stereocenters. The Balaban J connectivity index is 2.09. The Morgan fingerprint density at radius 1 is 1.64 bits per heavy atom. The number of likely N-dealkylation sites (tertiary alicyclic amines) is 1. The second kappa shape index (κ2) is 3.51. The molecule has 0 spiro atoms. The molecule has 2 fully saturated rings. The van der Waals surface area contributed by atoms with Crippen LogP contribution in [0.3, 0.4) is 0 Å². The van der Waals surface area contributed by atoms with Gasteiger partial charge in [-0.1, -0.05) is 0 Å². The zero-order valence-corrected chi connectivity index (χ0v) is 8.66. The van der Waals surface area contributed by atoms with Crippen LogP contribution < -0.4 is 5.73 Å². The molecule has 0 saturated carbocycles. The summed E-state index contributed by atoms with van der Waals surface area (Å²) in [5, 5.41) is 0. The van der Waals surface area contributed by atoms with E-state index < -0.39 is 0 Å². The van der Waals surface area contributed by atoms with Crippen LogP contribution in [0.15, 0.2) is 0 Å². The summed E-state index contributed by atoms with van der Waals surface area (Å²) in [4.78, 5) is 13.6. The van der Waals surface area contributed by atoms with Crippen molar-refractivity contribution in [2.75, 3.05) is 19.8 Å². The third kappa shape index (κ3) is 1.64. The summed E-state index contributed by atoms with van der Waals surface area (Å²) in [6, 6.07) is 0.0150. The molecule has 2 aliphatic rings. The fraction of sp³-hybridized carbons (Fsp3) is 0.900. The highest BCUT2D eigenvalue weighted by Crippen LogP contribution is 2.29. The monoisotopic (exact) mass is 198 g/mol. The van der Waals surface area contributed by atoms with Crippen molar-refractivity contribution in [2.24, 2.45) is 5.73 Å². The molecule has 0 aromatic heterocycles. The smallest absolute Gasteiger partial charge is 0.224 e. The van der Waals surface area contributed by atoms with Gasteiger partial charge in [-0.3, -0.25) is 4.79 Å². The van der Waals surface area contributed by atoms with Crippen LogP contribution in [0.1, 0.15) is 26.2 Å². The number of rotatable bonds is 1. The van der Waals surface area contributed by atoms with Crippen molar-refractivity contribution in [1.29, 1.82) is 0 Å². The second-order valence-corrected chi connectivity index (χ2v) is 4.62. The zero-order valence-electron chi connectivity index (χ0n) is 8.66. The highest BCUT2D eigenvalue weighted by atomic mass is 16.5. The predicted molar refractivity (Wildman–Crippen MR) is 52.8 cm³/mol. The summed E-state index contributed by atoms with van der Waals surface area (Å²) in [6.07, 6.45) is 2.57. The van der Waals surface area contributed by atoms with Crippen molar-refractivity contribution in [3.63, 3.8) is 0 Å². The Kier molecular flexibility index (Phi) is 2.49. The lowest BCUT2D eigenvalue weighted by Gasteiger charge is -2.41. The summed E-state index contributed by atoms with van der Waals surface area (Å²) in [5.74, 6) is 0.186. The van der Waals surface area contributed by atoms with Gasteiger partial charge in [-0.05, 0) is 19.8 Å². The zero-order chi connectivity index (χ0) is 10.2. The number of nitrogens with zero attached hydrogens (tertiary/aromatic N) is 1. The van der Waals surface area contributed by atoms with Crippen molar-refractivity contribution in [2.45, 2.75) is 37.8 Å². The van der Waals surface area contributed by atoms with E-state index in [0.29, 0.717) is 19.6 Å². The maximum atomic E-state index is 11.7. The lowest BCUT2D eigenvalue weighted by Crippen LogP contribution is -2.53. The van der Waals surface area contributed by atoms with Crippen LogP contribution in [-0.2, 0) is 9.53 Å². The number of ether oxygens (including phenoxy) is 1. The van der Waals surface area contributed by atoms with E-state index in [9.17, 15) is 4.79 Å². The van der Waals surface area contributed by atoms with Gasteiger partial charge in [-0.15, -0.1) is 0 Å². The molecule has 0 aromatic rings. The van der Waals surface area contributed by atoms with Gasteiger partial charge in [-0.2, -0.15) is 0 Å². The maximum Gasteiger partial charge on any atom is 0.224 e. The van der Waals surface area contributed by atoms with E-state index in [1.54, 1.807) is 0 Å². The normalized spacial score (nSPS) is 39.1. The molecule has 2 aliphatic heterocycles. The van der Waals surface area contributed by atoms with Crippen molar-refractivity contribution < 1.29 is 9.53 Å². The maximum absolute atomic E-state index is 11.7. The summed E-state index contributed by atoms with van der Waals surface area (Å²) >= 11 is 0. The molecule has 1 amide bonds. The molecule has 4 nitrogen and oxygen atoms in total. The van der Waals surface area contributed by atoms with Crippen molar-refractivity contribution in [3.8, 4) is 0 Å². The summed E-state index contributed by atoms with van der Waals surface area (Å²) in [6.45, 7) is 4.27. The Hall–Kier alpha value is -0.610. The average Bonchev–Trinajstić information content (AvgIpc) is 2.47. The summed E-state index contributed by atoms with van der Waals surface area (Å²) in [7, 11) is 0. The third-order valence-corrected chi connectivity index (χ3v) is 3.22. The Bertz CT molecular complexity index is 236. The second-order valence-electron chi connectivity index (χ2n) is 4.62. The van der Waals surface area contributed by atoms with Gasteiger partial charge in [0.1, 0.15) is 0 Å². The van der Waals surface area contributed by atoms with E-state index in [4.69, 9.17) is 10.5 Å². The van der Waals surface area contributed by atoms with E-state index >= 15 is 0 Å². The quantitative estimate of drug-likeness (QED) is 0.651. The first-order valence-corrected chi connectivity index (χ1v) is 5.26. The largest absolute Gasteiger partial charge is 0.379 e. The highest BCUT2D eigenvalue weighted by molar-refractivity contribution is 5.80. The molecule has 4 heteroatoms. The standard InChI is InChI=1S/C10H18N2O2/c1-10(3-2-4-14-7-10)12-6-8(11)5-9(12)13/h8H,2-7,11H2,1H3. The minimum atomic E-state index is -0.108. The van der Waals surface area contributed by atoms with Gasteiger partial charge >= 0.3 is 0 Å². The minimum Gasteiger partial charge on any atom is -0.379 e. The van der Waals surface area contributed by atoms with E-state index in [0.717, 1.165) is 19.4 Å². The summed E-state index contributed by atoms with van der Waals surface area (Å²) < 4.78 is 5.45. The van der Waals surface area contributed by atoms with Gasteiger partial charge in [0, 0.05) is 25.6 Å². The van der Waals surface area contributed by atoms with E-state index in [-0.39, 0.29) is 17.5 Å². The summed E-state index contributed by atoms with van der Waals surface area (Å²) in [5.41, 5.74) is 5.67. The lowest BCUT2D eigenvalue weighted by molar-refractivity contribution is -0.137. The van der Waals surface area contributed by atoms with Gasteiger partial charge < -0.3 is 15.4 Å². The Morgan fingerprint density at radius 3 is 2.93 bits per heavy atom. The molecular formula is C10H18N2O2. The number of amides is 1. The molecule has 0 bridgehead atoms. The number of hydrogen-bond acceptors (Lipinski definition) is 3. The molecule has 2 atom stereocenters. The van der Waals surface area contributed by atoms with Crippen LogP contribution in [-0.4, -0.2) is 42.1 Å². The number of nitrogens with two attached hydrogens (primary N) is 1. The average molecular weight is 198 g/mol. The van der Waals surface area contributed by atoms with Crippen LogP contribution in [0.4, 0.5) is 0 Å². The third-order valence-electron chi connectivity index (χ3n) is 3.22. The minimum absolute atomic E-state index is 0.0150. The lowest BCUT2D eigenvalue weighted by atomic mass is 9.93. The van der Waals surface area contributed by atoms with Gasteiger partial charge in [0.2, 0.25) is 5.91 Å². The predicted octanol–water partition coefficient (Wildman–Crippen LogP) is 0.115. The molecule has 0 aromatic carbocycles. The fourth-order valence-corrected chi connectivity index (χ4v) is 2.39. The SMILES string of the molecule is CC1(N2CC(N)CC2=O)CCCOC1. The van der Waals surface area contributed by atoms with Crippen LogP contribution in [0.25, 0.3) is 0 Å². The van der Waals surface area contributed by atoms with Gasteiger partial charge in [-0.25, -0.2) is 0 Å². The number of carbonyl (C=O) groups excluding carboxylic acids is 1. The Labute approximate surface area is 84.4 Å². The van der Waals surface area contributed by atoms with Crippen LogP contribution >= 0.6 is 0 Å². The molecule has 2 saturated heterocycles. The highest BCUT2D eigenvalue weighted by Gasteiger charge is 2.41. The van der Waals surface area contributed by atoms with Crippen LogP contribution in [0.2, 0.25) is 0 Å².